The molecule has 0 unspecified atom stereocenters. The Labute approximate surface area is 105 Å². The molecule has 0 aliphatic heterocycles. The molecule has 2 aromatic carbocycles. The number of phenols is 2. The van der Waals surface area contributed by atoms with Gasteiger partial charge in [-0.2, -0.15) is 0 Å². The Morgan fingerprint density at radius 2 is 2.06 bits per heavy atom. The van der Waals surface area contributed by atoms with Crippen LogP contribution in [-0.2, 0) is 0 Å². The number of nitrogens with one attached hydrogen (secondary N) is 1. The number of phenolic OH excluding ortho intramolecular Hbond substituents is 2. The number of rotatable bonds is 2. The number of aromatic hydroxyl groups is 2. The number of benzene rings is 2. The largest absolute Gasteiger partial charge is 0.508 e. The SMILES string of the molecule is Cc1ccc(O)cc1NC(=O)c1c[c]ccc1O. The van der Waals surface area contributed by atoms with Crippen LogP contribution < -0.4 is 5.32 Å². The van der Waals surface area contributed by atoms with Crippen molar-refractivity contribution in [2.24, 2.45) is 0 Å². The van der Waals surface area contributed by atoms with Gasteiger partial charge in [-0.05, 0) is 36.8 Å². The van der Waals surface area contributed by atoms with Crippen molar-refractivity contribution >= 4 is 11.6 Å². The van der Waals surface area contributed by atoms with E-state index in [0.29, 0.717) is 5.69 Å². The molecule has 0 atom stereocenters. The summed E-state index contributed by atoms with van der Waals surface area (Å²) in [6.07, 6.45) is 0. The van der Waals surface area contributed by atoms with Crippen molar-refractivity contribution < 1.29 is 15.0 Å². The van der Waals surface area contributed by atoms with Crippen LogP contribution in [0.25, 0.3) is 0 Å². The summed E-state index contributed by atoms with van der Waals surface area (Å²) >= 11 is 0. The molecule has 0 aliphatic rings. The van der Waals surface area contributed by atoms with Gasteiger partial charge in [-0.1, -0.05) is 12.1 Å². The molecule has 18 heavy (non-hydrogen) atoms. The highest BCUT2D eigenvalue weighted by atomic mass is 16.3. The molecule has 0 bridgehead atoms. The van der Waals surface area contributed by atoms with Crippen molar-refractivity contribution in [1.29, 1.82) is 0 Å². The van der Waals surface area contributed by atoms with Crippen molar-refractivity contribution in [2.45, 2.75) is 6.92 Å². The number of carbonyl (C=O) groups excluding carboxylic acids is 1. The molecule has 0 aliphatic carbocycles. The van der Waals surface area contributed by atoms with Crippen LogP contribution in [0.4, 0.5) is 5.69 Å². The molecule has 4 heteroatoms. The van der Waals surface area contributed by atoms with E-state index in [2.05, 4.69) is 11.4 Å². The highest BCUT2D eigenvalue weighted by molar-refractivity contribution is 6.06. The molecule has 2 rings (SSSR count). The first kappa shape index (κ1) is 12.0. The Balaban J connectivity index is 2.27. The van der Waals surface area contributed by atoms with Crippen LogP contribution in [0.2, 0.25) is 0 Å². The molecule has 0 fully saturated rings. The molecule has 0 heterocycles. The Morgan fingerprint density at radius 3 is 2.78 bits per heavy atom. The fraction of sp³-hybridized carbons (Fsp3) is 0.0714. The van der Waals surface area contributed by atoms with Crippen LogP contribution in [0.3, 0.4) is 0 Å². The standard InChI is InChI=1S/C14H12NO3/c1-9-6-7-10(16)8-12(9)15-14(18)11-4-2-3-5-13(11)17/h3-8,16-17H,1H3,(H,15,18). The van der Waals surface area contributed by atoms with Gasteiger partial charge in [0.15, 0.2) is 0 Å². The fourth-order valence-electron chi connectivity index (χ4n) is 1.54. The topological polar surface area (TPSA) is 69.6 Å². The molecule has 0 aromatic heterocycles. The Hall–Kier alpha value is -2.49. The molecule has 0 saturated heterocycles. The third-order valence-electron chi connectivity index (χ3n) is 2.56. The quantitative estimate of drug-likeness (QED) is 0.757. The first-order valence-electron chi connectivity index (χ1n) is 5.38. The third-order valence-corrected chi connectivity index (χ3v) is 2.56. The molecule has 91 valence electrons. The minimum atomic E-state index is -0.446. The second-order valence-corrected chi connectivity index (χ2v) is 3.90. The lowest BCUT2D eigenvalue weighted by Gasteiger charge is -2.09. The van der Waals surface area contributed by atoms with Crippen LogP contribution in [0.15, 0.2) is 36.4 Å². The second-order valence-electron chi connectivity index (χ2n) is 3.90. The minimum Gasteiger partial charge on any atom is -0.508 e. The molecule has 3 N–H and O–H groups in total. The zero-order valence-electron chi connectivity index (χ0n) is 9.77. The number of anilines is 1. The van der Waals surface area contributed by atoms with Crippen LogP contribution in [0.1, 0.15) is 15.9 Å². The van der Waals surface area contributed by atoms with Gasteiger partial charge < -0.3 is 15.5 Å². The van der Waals surface area contributed by atoms with E-state index in [-0.39, 0.29) is 17.1 Å². The smallest absolute Gasteiger partial charge is 0.259 e. The van der Waals surface area contributed by atoms with E-state index in [1.807, 2.05) is 6.92 Å². The van der Waals surface area contributed by atoms with E-state index >= 15 is 0 Å². The summed E-state index contributed by atoms with van der Waals surface area (Å²) < 4.78 is 0. The summed E-state index contributed by atoms with van der Waals surface area (Å²) in [5, 5.41) is 21.6. The average molecular weight is 242 g/mol. The number of hydrogen-bond donors (Lipinski definition) is 3. The lowest BCUT2D eigenvalue weighted by molar-refractivity contribution is 0.102. The molecule has 0 saturated carbocycles. The van der Waals surface area contributed by atoms with Crippen molar-refractivity contribution in [3.63, 3.8) is 0 Å². The van der Waals surface area contributed by atoms with Crippen molar-refractivity contribution in [3.05, 3.63) is 53.6 Å². The third kappa shape index (κ3) is 2.43. The first-order chi connectivity index (χ1) is 8.58. The maximum absolute atomic E-state index is 11.9. The maximum Gasteiger partial charge on any atom is 0.259 e. The predicted molar refractivity (Wildman–Crippen MR) is 67.7 cm³/mol. The Kier molecular flexibility index (Phi) is 3.19. The van der Waals surface area contributed by atoms with E-state index in [1.54, 1.807) is 12.1 Å². The lowest BCUT2D eigenvalue weighted by atomic mass is 10.1. The Morgan fingerprint density at radius 1 is 1.28 bits per heavy atom. The highest BCUT2D eigenvalue weighted by Crippen LogP contribution is 2.23. The lowest BCUT2D eigenvalue weighted by Crippen LogP contribution is -2.12. The highest BCUT2D eigenvalue weighted by Gasteiger charge is 2.11. The molecule has 1 amide bonds. The van der Waals surface area contributed by atoms with E-state index in [9.17, 15) is 15.0 Å². The summed E-state index contributed by atoms with van der Waals surface area (Å²) in [6.45, 7) is 1.81. The van der Waals surface area contributed by atoms with Gasteiger partial charge in [-0.25, -0.2) is 0 Å². The molecular weight excluding hydrogens is 230 g/mol. The zero-order chi connectivity index (χ0) is 13.1. The van der Waals surface area contributed by atoms with Gasteiger partial charge in [-0.3, -0.25) is 4.79 Å². The van der Waals surface area contributed by atoms with Gasteiger partial charge in [-0.15, -0.1) is 0 Å². The van der Waals surface area contributed by atoms with Crippen LogP contribution in [0.5, 0.6) is 11.5 Å². The predicted octanol–water partition coefficient (Wildman–Crippen LogP) is 2.46. The minimum absolute atomic E-state index is 0.0692. The number of hydrogen-bond acceptors (Lipinski definition) is 3. The summed E-state index contributed by atoms with van der Waals surface area (Å²) in [5.41, 5.74) is 1.46. The average Bonchev–Trinajstić information content (AvgIpc) is 2.34. The van der Waals surface area contributed by atoms with Crippen LogP contribution >= 0.6 is 0 Å². The summed E-state index contributed by atoms with van der Waals surface area (Å²) in [4.78, 5) is 11.9. The zero-order valence-corrected chi connectivity index (χ0v) is 9.77. The molecule has 4 nitrogen and oxygen atoms in total. The van der Waals surface area contributed by atoms with Gasteiger partial charge in [0.1, 0.15) is 11.5 Å². The monoisotopic (exact) mass is 242 g/mol. The van der Waals surface area contributed by atoms with Gasteiger partial charge in [0.05, 0.1) is 5.56 Å². The molecule has 0 spiro atoms. The fourth-order valence-corrected chi connectivity index (χ4v) is 1.54. The van der Waals surface area contributed by atoms with Gasteiger partial charge in [0, 0.05) is 11.8 Å². The maximum atomic E-state index is 11.9. The Bertz CT molecular complexity index is 593. The number of carbonyl (C=O) groups is 1. The van der Waals surface area contributed by atoms with Crippen molar-refractivity contribution in [1.82, 2.24) is 0 Å². The first-order valence-corrected chi connectivity index (χ1v) is 5.38. The normalized spacial score (nSPS) is 10.1. The molecular formula is C14H12NO3. The van der Waals surface area contributed by atoms with Crippen LogP contribution in [0, 0.1) is 13.0 Å². The van der Waals surface area contributed by atoms with Crippen molar-refractivity contribution in [2.75, 3.05) is 5.32 Å². The number of amides is 1. The van der Waals surface area contributed by atoms with Gasteiger partial charge in [0.25, 0.3) is 5.91 Å². The van der Waals surface area contributed by atoms with Gasteiger partial charge >= 0.3 is 0 Å². The molecule has 2 aromatic rings. The summed E-state index contributed by atoms with van der Waals surface area (Å²) in [6, 6.07) is 11.7. The summed E-state index contributed by atoms with van der Waals surface area (Å²) in [5.74, 6) is -0.484. The van der Waals surface area contributed by atoms with E-state index < -0.39 is 5.91 Å². The van der Waals surface area contributed by atoms with Crippen LogP contribution in [-0.4, -0.2) is 16.1 Å². The second kappa shape index (κ2) is 4.79. The molecule has 1 radical (unpaired) electrons. The summed E-state index contributed by atoms with van der Waals surface area (Å²) in [7, 11) is 0. The van der Waals surface area contributed by atoms with E-state index in [4.69, 9.17) is 0 Å². The van der Waals surface area contributed by atoms with E-state index in [0.717, 1.165) is 5.56 Å². The van der Waals surface area contributed by atoms with Gasteiger partial charge in [0.2, 0.25) is 0 Å². The van der Waals surface area contributed by atoms with Crippen molar-refractivity contribution in [3.8, 4) is 11.5 Å². The number of aryl methyl sites for hydroxylation is 1. The van der Waals surface area contributed by atoms with E-state index in [1.165, 1.54) is 24.3 Å².